The van der Waals surface area contributed by atoms with Crippen LogP contribution in [0.5, 0.6) is 0 Å². The first kappa shape index (κ1) is 13.7. The van der Waals surface area contributed by atoms with E-state index in [2.05, 4.69) is 33.0 Å². The number of nitrogens with zero attached hydrogens (tertiary/aromatic N) is 1. The summed E-state index contributed by atoms with van der Waals surface area (Å²) in [5.41, 5.74) is 1.22. The summed E-state index contributed by atoms with van der Waals surface area (Å²) in [6.07, 6.45) is 3.59. The summed E-state index contributed by atoms with van der Waals surface area (Å²) in [4.78, 5) is 6.12. The molecule has 0 atom stereocenters. The first-order valence-corrected chi connectivity index (χ1v) is 7.21. The second-order valence-electron chi connectivity index (χ2n) is 4.25. The fourth-order valence-corrected chi connectivity index (χ4v) is 3.11. The van der Waals surface area contributed by atoms with Crippen LogP contribution in [0.15, 0.2) is 0 Å². The van der Waals surface area contributed by atoms with E-state index in [1.807, 2.05) is 11.3 Å². The van der Waals surface area contributed by atoms with Crippen LogP contribution < -0.4 is 5.32 Å². The molecule has 0 aliphatic rings. The van der Waals surface area contributed by atoms with Crippen LogP contribution >= 0.6 is 11.3 Å². The zero-order chi connectivity index (χ0) is 12.0. The van der Waals surface area contributed by atoms with Gasteiger partial charge in [0.05, 0.1) is 10.7 Å². The lowest BCUT2D eigenvalue weighted by Crippen LogP contribution is -2.13. The maximum absolute atomic E-state index is 4.71. The number of hydrogen-bond donors (Lipinski definition) is 1. The highest BCUT2D eigenvalue weighted by Crippen LogP contribution is 2.29. The second kappa shape index (κ2) is 7.02. The lowest BCUT2D eigenvalue weighted by Gasteiger charge is -2.06. The minimum Gasteiger partial charge on any atom is -0.312 e. The summed E-state index contributed by atoms with van der Waals surface area (Å²) in [7, 11) is 0. The third-order valence-electron chi connectivity index (χ3n) is 2.96. The van der Waals surface area contributed by atoms with Crippen molar-refractivity contribution in [2.75, 3.05) is 6.54 Å². The smallest absolute Gasteiger partial charge is 0.0962 e. The largest absolute Gasteiger partial charge is 0.312 e. The summed E-state index contributed by atoms with van der Waals surface area (Å²) < 4.78 is 0. The van der Waals surface area contributed by atoms with Crippen molar-refractivity contribution in [3.8, 4) is 0 Å². The van der Waals surface area contributed by atoms with Gasteiger partial charge in [-0.25, -0.2) is 4.98 Å². The Balaban J connectivity index is 2.65. The van der Waals surface area contributed by atoms with Gasteiger partial charge in [-0.1, -0.05) is 20.8 Å². The van der Waals surface area contributed by atoms with E-state index < -0.39 is 0 Å². The first-order chi connectivity index (χ1) is 7.72. The monoisotopic (exact) mass is 240 g/mol. The number of nitrogens with one attached hydrogen (secondary N) is 1. The standard InChI is InChI=1S/C13H24N2S/c1-5-8-14-9-12-10(4)15-13(16-12)11(6-2)7-3/h11,14H,5-9H2,1-4H3. The fraction of sp³-hybridized carbons (Fsp3) is 0.769. The van der Waals surface area contributed by atoms with Crippen LogP contribution in [0.4, 0.5) is 0 Å². The predicted octanol–water partition coefficient (Wildman–Crippen LogP) is 3.85. The van der Waals surface area contributed by atoms with Crippen LogP contribution in [0.1, 0.15) is 61.5 Å². The van der Waals surface area contributed by atoms with E-state index in [1.165, 1.54) is 34.8 Å². The van der Waals surface area contributed by atoms with E-state index in [0.717, 1.165) is 13.1 Å². The number of aryl methyl sites for hydroxylation is 1. The van der Waals surface area contributed by atoms with Crippen molar-refractivity contribution in [1.29, 1.82) is 0 Å². The van der Waals surface area contributed by atoms with Crippen LogP contribution in [0.2, 0.25) is 0 Å². The summed E-state index contributed by atoms with van der Waals surface area (Å²) >= 11 is 1.89. The molecule has 0 saturated heterocycles. The van der Waals surface area contributed by atoms with E-state index in [9.17, 15) is 0 Å². The summed E-state index contributed by atoms with van der Waals surface area (Å²) in [5.74, 6) is 0.656. The van der Waals surface area contributed by atoms with Crippen molar-refractivity contribution >= 4 is 11.3 Å². The maximum atomic E-state index is 4.71. The summed E-state index contributed by atoms with van der Waals surface area (Å²) in [6, 6.07) is 0. The number of aromatic nitrogens is 1. The van der Waals surface area contributed by atoms with E-state index >= 15 is 0 Å². The first-order valence-electron chi connectivity index (χ1n) is 6.39. The molecule has 1 aromatic rings. The predicted molar refractivity (Wildman–Crippen MR) is 72.2 cm³/mol. The second-order valence-corrected chi connectivity index (χ2v) is 5.37. The van der Waals surface area contributed by atoms with Crippen LogP contribution in [0.25, 0.3) is 0 Å². The van der Waals surface area contributed by atoms with Crippen LogP contribution in [0, 0.1) is 6.92 Å². The molecular formula is C13H24N2S. The number of hydrogen-bond acceptors (Lipinski definition) is 3. The quantitative estimate of drug-likeness (QED) is 0.732. The maximum Gasteiger partial charge on any atom is 0.0962 e. The molecule has 1 heterocycles. The van der Waals surface area contributed by atoms with Gasteiger partial charge < -0.3 is 5.32 Å². The van der Waals surface area contributed by atoms with Crippen molar-refractivity contribution in [3.63, 3.8) is 0 Å². The number of thiazole rings is 1. The van der Waals surface area contributed by atoms with Crippen molar-refractivity contribution in [1.82, 2.24) is 10.3 Å². The van der Waals surface area contributed by atoms with E-state index in [1.54, 1.807) is 0 Å². The van der Waals surface area contributed by atoms with Gasteiger partial charge in [-0.15, -0.1) is 11.3 Å². The van der Waals surface area contributed by atoms with Crippen LogP contribution in [0.3, 0.4) is 0 Å². The molecule has 0 saturated carbocycles. The van der Waals surface area contributed by atoms with Crippen molar-refractivity contribution in [2.45, 2.75) is 59.4 Å². The molecule has 0 bridgehead atoms. The SMILES string of the molecule is CCCNCc1sc(C(CC)CC)nc1C. The third kappa shape index (κ3) is 3.56. The molecular weight excluding hydrogens is 216 g/mol. The summed E-state index contributed by atoms with van der Waals surface area (Å²) in [6.45, 7) is 10.9. The molecule has 16 heavy (non-hydrogen) atoms. The van der Waals surface area contributed by atoms with Crippen LogP contribution in [-0.4, -0.2) is 11.5 Å². The van der Waals surface area contributed by atoms with E-state index in [-0.39, 0.29) is 0 Å². The van der Waals surface area contributed by atoms with Crippen molar-refractivity contribution in [2.24, 2.45) is 0 Å². The molecule has 1 N–H and O–H groups in total. The highest BCUT2D eigenvalue weighted by Gasteiger charge is 2.14. The van der Waals surface area contributed by atoms with Gasteiger partial charge in [0.25, 0.3) is 0 Å². The molecule has 0 aromatic carbocycles. The lowest BCUT2D eigenvalue weighted by molar-refractivity contribution is 0.636. The highest BCUT2D eigenvalue weighted by atomic mass is 32.1. The van der Waals surface area contributed by atoms with Gasteiger partial charge in [0.15, 0.2) is 0 Å². The zero-order valence-electron chi connectivity index (χ0n) is 11.0. The van der Waals surface area contributed by atoms with Gasteiger partial charge >= 0.3 is 0 Å². The Hall–Kier alpha value is -0.410. The Bertz CT molecular complexity index is 303. The molecule has 1 rings (SSSR count). The Labute approximate surface area is 103 Å². The minimum absolute atomic E-state index is 0.656. The topological polar surface area (TPSA) is 24.9 Å². The van der Waals surface area contributed by atoms with Gasteiger partial charge in [0, 0.05) is 17.3 Å². The van der Waals surface area contributed by atoms with Gasteiger partial charge in [0.1, 0.15) is 0 Å². The Morgan fingerprint density at radius 2 is 1.94 bits per heavy atom. The molecule has 0 aliphatic heterocycles. The lowest BCUT2D eigenvalue weighted by atomic mass is 10.1. The fourth-order valence-electron chi connectivity index (χ4n) is 1.81. The molecule has 3 heteroatoms. The molecule has 92 valence electrons. The zero-order valence-corrected chi connectivity index (χ0v) is 11.8. The molecule has 0 amide bonds. The molecule has 0 spiro atoms. The third-order valence-corrected chi connectivity index (χ3v) is 4.28. The molecule has 1 aromatic heterocycles. The Morgan fingerprint density at radius 1 is 1.25 bits per heavy atom. The molecule has 0 radical (unpaired) electrons. The molecule has 0 aliphatic carbocycles. The Morgan fingerprint density at radius 3 is 2.50 bits per heavy atom. The van der Waals surface area contributed by atoms with Gasteiger partial charge in [0.2, 0.25) is 0 Å². The average Bonchev–Trinajstić information content (AvgIpc) is 2.63. The molecule has 0 fully saturated rings. The van der Waals surface area contributed by atoms with Gasteiger partial charge in [-0.2, -0.15) is 0 Å². The highest BCUT2D eigenvalue weighted by molar-refractivity contribution is 7.11. The Kier molecular flexibility index (Phi) is 5.99. The summed E-state index contributed by atoms with van der Waals surface area (Å²) in [5, 5.41) is 4.78. The molecule has 0 unspecified atom stereocenters. The van der Waals surface area contributed by atoms with Crippen molar-refractivity contribution < 1.29 is 0 Å². The normalized spacial score (nSPS) is 11.3. The van der Waals surface area contributed by atoms with Crippen LogP contribution in [-0.2, 0) is 6.54 Å². The van der Waals surface area contributed by atoms with Gasteiger partial charge in [-0.3, -0.25) is 0 Å². The van der Waals surface area contributed by atoms with Crippen molar-refractivity contribution in [3.05, 3.63) is 15.6 Å². The van der Waals surface area contributed by atoms with Gasteiger partial charge in [-0.05, 0) is 32.7 Å². The average molecular weight is 240 g/mol. The van der Waals surface area contributed by atoms with E-state index in [4.69, 9.17) is 4.98 Å². The van der Waals surface area contributed by atoms with E-state index in [0.29, 0.717) is 5.92 Å². The minimum atomic E-state index is 0.656. The molecule has 2 nitrogen and oxygen atoms in total. The number of rotatable bonds is 7.